The molecule has 0 spiro atoms. The predicted molar refractivity (Wildman–Crippen MR) is 73.4 cm³/mol. The molecule has 3 heterocycles. The quantitative estimate of drug-likeness (QED) is 0.793. The molecule has 1 amide bonds. The molecule has 2 aromatic carbocycles. The molecule has 5 rings (SSSR count). The third kappa shape index (κ3) is 1.12. The van der Waals surface area contributed by atoms with Crippen LogP contribution in [0.25, 0.3) is 0 Å². The van der Waals surface area contributed by atoms with Gasteiger partial charge < -0.3 is 10.1 Å². The van der Waals surface area contributed by atoms with Gasteiger partial charge >= 0.3 is 0 Å². The molecule has 2 bridgehead atoms. The van der Waals surface area contributed by atoms with Crippen molar-refractivity contribution in [3.05, 3.63) is 70.8 Å². The van der Waals surface area contributed by atoms with Gasteiger partial charge in [-0.2, -0.15) is 0 Å². The normalized spacial score (nSPS) is 32.3. The molecule has 3 aliphatic rings. The van der Waals surface area contributed by atoms with Crippen LogP contribution in [0.1, 0.15) is 45.2 Å². The average molecular weight is 263 g/mol. The first-order chi connectivity index (χ1) is 9.84. The Kier molecular flexibility index (Phi) is 1.86. The maximum absolute atomic E-state index is 12.2. The van der Waals surface area contributed by atoms with Gasteiger partial charge in [0, 0.05) is 11.5 Å². The van der Waals surface area contributed by atoms with Crippen molar-refractivity contribution in [3.8, 4) is 0 Å². The molecular weight excluding hydrogens is 250 g/mol. The van der Waals surface area contributed by atoms with Crippen LogP contribution in [0.5, 0.6) is 0 Å². The third-order valence-corrected chi connectivity index (χ3v) is 4.80. The van der Waals surface area contributed by atoms with Gasteiger partial charge in [-0.1, -0.05) is 42.5 Å². The van der Waals surface area contributed by atoms with E-state index in [1.807, 2.05) is 24.3 Å². The Morgan fingerprint density at radius 3 is 2.30 bits per heavy atom. The first-order valence-electron chi connectivity index (χ1n) is 6.98. The molecular formula is C17H13NO2. The number of hydrogen-bond donors (Lipinski definition) is 1. The molecule has 0 saturated carbocycles. The SMILES string of the molecule is O=C1N[C@H]2C3OC(c4ccccc43)[C@H]2c2ccccc21. The summed E-state index contributed by atoms with van der Waals surface area (Å²) in [6, 6.07) is 16.3. The minimum Gasteiger partial charge on any atom is -0.363 e. The molecule has 1 fully saturated rings. The van der Waals surface area contributed by atoms with Crippen LogP contribution in [0, 0.1) is 0 Å². The van der Waals surface area contributed by atoms with Gasteiger partial charge in [0.1, 0.15) is 6.10 Å². The molecule has 98 valence electrons. The van der Waals surface area contributed by atoms with Crippen molar-refractivity contribution in [2.24, 2.45) is 0 Å². The molecule has 3 aliphatic heterocycles. The number of rotatable bonds is 0. The number of hydrogen-bond acceptors (Lipinski definition) is 2. The number of carbonyl (C=O) groups excluding carboxylic acids is 1. The minimum atomic E-state index is -0.00138. The summed E-state index contributed by atoms with van der Waals surface area (Å²) < 4.78 is 6.18. The monoisotopic (exact) mass is 263 g/mol. The second-order valence-electron chi connectivity index (χ2n) is 5.72. The molecule has 2 aromatic rings. The Hall–Kier alpha value is -2.13. The van der Waals surface area contributed by atoms with Crippen molar-refractivity contribution in [1.82, 2.24) is 5.32 Å². The highest BCUT2D eigenvalue weighted by molar-refractivity contribution is 5.97. The van der Waals surface area contributed by atoms with Crippen LogP contribution >= 0.6 is 0 Å². The van der Waals surface area contributed by atoms with E-state index in [4.69, 9.17) is 4.74 Å². The molecule has 0 aliphatic carbocycles. The number of ether oxygens (including phenoxy) is 1. The van der Waals surface area contributed by atoms with Gasteiger partial charge in [0.25, 0.3) is 5.91 Å². The van der Waals surface area contributed by atoms with E-state index in [2.05, 4.69) is 29.6 Å². The predicted octanol–water partition coefficient (Wildman–Crippen LogP) is 2.71. The Morgan fingerprint density at radius 2 is 1.50 bits per heavy atom. The van der Waals surface area contributed by atoms with Gasteiger partial charge in [0.15, 0.2) is 0 Å². The van der Waals surface area contributed by atoms with E-state index < -0.39 is 0 Å². The molecule has 1 saturated heterocycles. The Labute approximate surface area is 116 Å². The summed E-state index contributed by atoms with van der Waals surface area (Å²) in [5.74, 6) is 0.263. The zero-order valence-electron chi connectivity index (χ0n) is 10.7. The molecule has 1 N–H and O–H groups in total. The summed E-state index contributed by atoms with van der Waals surface area (Å²) in [4.78, 5) is 12.2. The lowest BCUT2D eigenvalue weighted by atomic mass is 9.73. The van der Waals surface area contributed by atoms with Gasteiger partial charge in [0.05, 0.1) is 12.1 Å². The summed E-state index contributed by atoms with van der Waals surface area (Å²) in [6.45, 7) is 0. The maximum atomic E-state index is 12.2. The van der Waals surface area contributed by atoms with E-state index >= 15 is 0 Å². The molecule has 3 heteroatoms. The molecule has 0 aromatic heterocycles. The fourth-order valence-corrected chi connectivity index (χ4v) is 4.01. The summed E-state index contributed by atoms with van der Waals surface area (Å²) in [7, 11) is 0. The molecule has 2 unspecified atom stereocenters. The van der Waals surface area contributed by atoms with Crippen molar-refractivity contribution in [1.29, 1.82) is 0 Å². The summed E-state index contributed by atoms with van der Waals surface area (Å²) in [5, 5.41) is 3.14. The fraction of sp³-hybridized carbons (Fsp3) is 0.235. The van der Waals surface area contributed by atoms with Crippen LogP contribution in [-0.2, 0) is 4.74 Å². The zero-order valence-corrected chi connectivity index (χ0v) is 10.7. The van der Waals surface area contributed by atoms with Gasteiger partial charge in [-0.25, -0.2) is 0 Å². The van der Waals surface area contributed by atoms with Gasteiger partial charge in [0.2, 0.25) is 0 Å². The van der Waals surface area contributed by atoms with Crippen LogP contribution in [0.3, 0.4) is 0 Å². The standard InChI is InChI=1S/C17H13NO2/c19-17-12-8-4-1-5-9(12)13-14(18-17)16-11-7-3-2-6-10(11)15(13)20-16/h1-8,13-16H,(H,18,19)/t13-,14+,15?,16?/m0/s1. The first kappa shape index (κ1) is 10.6. The maximum Gasteiger partial charge on any atom is 0.251 e. The number of nitrogens with one attached hydrogen (secondary N) is 1. The Balaban J connectivity index is 1.73. The fourth-order valence-electron chi connectivity index (χ4n) is 4.01. The third-order valence-electron chi connectivity index (χ3n) is 4.80. The molecule has 3 nitrogen and oxygen atoms in total. The molecule has 0 radical (unpaired) electrons. The van der Waals surface area contributed by atoms with E-state index in [9.17, 15) is 4.79 Å². The second-order valence-corrected chi connectivity index (χ2v) is 5.72. The van der Waals surface area contributed by atoms with E-state index in [1.165, 1.54) is 11.1 Å². The lowest BCUT2D eigenvalue weighted by Crippen LogP contribution is -2.46. The highest BCUT2D eigenvalue weighted by atomic mass is 16.5. The van der Waals surface area contributed by atoms with Crippen molar-refractivity contribution in [3.63, 3.8) is 0 Å². The van der Waals surface area contributed by atoms with Crippen LogP contribution < -0.4 is 5.32 Å². The van der Waals surface area contributed by atoms with Gasteiger partial charge in [-0.05, 0) is 22.8 Å². The Morgan fingerprint density at radius 1 is 0.850 bits per heavy atom. The van der Waals surface area contributed by atoms with Crippen molar-refractivity contribution in [2.45, 2.75) is 24.2 Å². The van der Waals surface area contributed by atoms with Crippen molar-refractivity contribution in [2.75, 3.05) is 0 Å². The van der Waals surface area contributed by atoms with Crippen molar-refractivity contribution >= 4 is 5.91 Å². The number of fused-ring (bicyclic) bond motifs is 10. The van der Waals surface area contributed by atoms with Crippen LogP contribution in [0.4, 0.5) is 0 Å². The van der Waals surface area contributed by atoms with Crippen molar-refractivity contribution < 1.29 is 9.53 Å². The van der Waals surface area contributed by atoms with E-state index in [0.29, 0.717) is 0 Å². The van der Waals surface area contributed by atoms with E-state index in [1.54, 1.807) is 0 Å². The molecule has 20 heavy (non-hydrogen) atoms. The van der Waals surface area contributed by atoms with Crippen LogP contribution in [0.2, 0.25) is 0 Å². The number of benzene rings is 2. The Bertz CT molecular complexity index is 739. The van der Waals surface area contributed by atoms with Crippen LogP contribution in [-0.4, -0.2) is 11.9 Å². The summed E-state index contributed by atoms with van der Waals surface area (Å²) >= 11 is 0. The summed E-state index contributed by atoms with van der Waals surface area (Å²) in [5.41, 5.74) is 4.44. The highest BCUT2D eigenvalue weighted by Crippen LogP contribution is 2.58. The number of amides is 1. The topological polar surface area (TPSA) is 38.3 Å². The van der Waals surface area contributed by atoms with Gasteiger partial charge in [-0.15, -0.1) is 0 Å². The summed E-state index contributed by atoms with van der Waals surface area (Å²) in [6.07, 6.45) is 0.0708. The van der Waals surface area contributed by atoms with E-state index in [-0.39, 0.29) is 30.1 Å². The van der Waals surface area contributed by atoms with E-state index in [0.717, 1.165) is 11.1 Å². The average Bonchev–Trinajstić information content (AvgIpc) is 3.05. The highest BCUT2D eigenvalue weighted by Gasteiger charge is 2.55. The largest absolute Gasteiger partial charge is 0.363 e. The second kappa shape index (κ2) is 3.49. The van der Waals surface area contributed by atoms with Gasteiger partial charge in [-0.3, -0.25) is 4.79 Å². The zero-order chi connectivity index (χ0) is 13.3. The first-order valence-corrected chi connectivity index (χ1v) is 6.98. The van der Waals surface area contributed by atoms with Crippen LogP contribution in [0.15, 0.2) is 48.5 Å². The lowest BCUT2D eigenvalue weighted by molar-refractivity contribution is 0.0611. The number of carbonyl (C=O) groups is 1. The lowest BCUT2D eigenvalue weighted by Gasteiger charge is -2.35. The smallest absolute Gasteiger partial charge is 0.251 e. The minimum absolute atomic E-state index is 0.00138. The molecule has 4 atom stereocenters.